The monoisotopic (exact) mass is 534 g/mol. The Bertz CT molecular complexity index is 1240. The van der Waals surface area contributed by atoms with Gasteiger partial charge in [-0.2, -0.15) is 8.78 Å². The summed E-state index contributed by atoms with van der Waals surface area (Å²) in [7, 11) is 0. The number of aromatic hydroxyl groups is 2. The molecule has 3 aromatic rings. The molecule has 8 heteroatoms. The summed E-state index contributed by atoms with van der Waals surface area (Å²) < 4.78 is 86.6. The van der Waals surface area contributed by atoms with Crippen molar-refractivity contribution in [2.75, 3.05) is 0 Å². The second kappa shape index (κ2) is 10.5. The fourth-order valence-corrected chi connectivity index (χ4v) is 6.38. The Balaban J connectivity index is 1.25. The minimum Gasteiger partial charge on any atom is -0.505 e. The molecule has 2 aliphatic carbocycles. The Hall–Kier alpha value is -3.16. The van der Waals surface area contributed by atoms with Crippen molar-refractivity contribution in [3.05, 3.63) is 93.6 Å². The van der Waals surface area contributed by atoms with Gasteiger partial charge in [-0.1, -0.05) is 24.3 Å². The van der Waals surface area contributed by atoms with Crippen LogP contribution in [-0.2, 0) is 0 Å². The average Bonchev–Trinajstić information content (AvgIpc) is 2.93. The molecule has 5 rings (SSSR count). The highest BCUT2D eigenvalue weighted by molar-refractivity contribution is 5.36. The van der Waals surface area contributed by atoms with E-state index in [0.717, 1.165) is 12.1 Å². The Morgan fingerprint density at radius 2 is 0.579 bits per heavy atom. The van der Waals surface area contributed by atoms with Gasteiger partial charge in [0.05, 0.1) is 0 Å². The predicted octanol–water partition coefficient (Wildman–Crippen LogP) is 8.82. The molecule has 0 heterocycles. The van der Waals surface area contributed by atoms with E-state index in [1.165, 1.54) is 12.1 Å². The van der Waals surface area contributed by atoms with Crippen molar-refractivity contribution in [1.29, 1.82) is 0 Å². The van der Waals surface area contributed by atoms with E-state index in [9.17, 15) is 27.8 Å². The zero-order valence-corrected chi connectivity index (χ0v) is 20.6. The van der Waals surface area contributed by atoms with Gasteiger partial charge >= 0.3 is 0 Å². The van der Waals surface area contributed by atoms with E-state index in [-0.39, 0.29) is 45.9 Å². The highest BCUT2D eigenvalue weighted by Gasteiger charge is 2.32. The summed E-state index contributed by atoms with van der Waals surface area (Å²) in [5.41, 5.74) is 0.923. The average molecular weight is 535 g/mol. The molecule has 2 N–H and O–H groups in total. The van der Waals surface area contributed by atoms with E-state index in [4.69, 9.17) is 0 Å². The number of rotatable bonds is 4. The number of phenolic OH excluding ortho intramolecular Hbond substituents is 2. The van der Waals surface area contributed by atoms with Crippen molar-refractivity contribution in [2.24, 2.45) is 0 Å². The highest BCUT2D eigenvalue weighted by Crippen LogP contribution is 2.46. The Labute approximate surface area is 216 Å². The third-order valence-electron chi connectivity index (χ3n) is 8.54. The van der Waals surface area contributed by atoms with Gasteiger partial charge in [0.15, 0.2) is 34.8 Å². The molecule has 0 saturated heterocycles. The summed E-state index contributed by atoms with van der Waals surface area (Å²) in [6.07, 6.45) is 3.87. The molecular weight excluding hydrogens is 506 g/mol. The van der Waals surface area contributed by atoms with Crippen LogP contribution in [0, 0.1) is 34.9 Å². The number of benzene rings is 3. The quantitative estimate of drug-likeness (QED) is 0.329. The Morgan fingerprint density at radius 3 is 0.842 bits per heavy atom. The van der Waals surface area contributed by atoms with Crippen molar-refractivity contribution in [1.82, 2.24) is 0 Å². The second-order valence-electron chi connectivity index (χ2n) is 10.6. The van der Waals surface area contributed by atoms with Crippen molar-refractivity contribution in [3.63, 3.8) is 0 Å². The van der Waals surface area contributed by atoms with Gasteiger partial charge < -0.3 is 10.2 Å². The van der Waals surface area contributed by atoms with Crippen LogP contribution in [0.4, 0.5) is 26.3 Å². The third-order valence-corrected chi connectivity index (χ3v) is 8.54. The van der Waals surface area contributed by atoms with Crippen LogP contribution >= 0.6 is 0 Å². The van der Waals surface area contributed by atoms with Gasteiger partial charge in [0, 0.05) is 0 Å². The summed E-state index contributed by atoms with van der Waals surface area (Å²) in [6, 6.07) is 8.21. The summed E-state index contributed by atoms with van der Waals surface area (Å²) >= 11 is 0. The molecule has 0 unspecified atom stereocenters. The lowest BCUT2D eigenvalue weighted by atomic mass is 9.74. The molecule has 38 heavy (non-hydrogen) atoms. The van der Waals surface area contributed by atoms with Crippen LogP contribution < -0.4 is 0 Å². The van der Waals surface area contributed by atoms with Gasteiger partial charge in [-0.3, -0.25) is 0 Å². The first-order valence-corrected chi connectivity index (χ1v) is 13.0. The van der Waals surface area contributed by atoms with E-state index >= 15 is 8.78 Å². The first kappa shape index (κ1) is 26.4. The number of hydrogen-bond acceptors (Lipinski definition) is 2. The lowest BCUT2D eigenvalue weighted by molar-refractivity contribution is 0.354. The minimum atomic E-state index is -1.28. The second-order valence-corrected chi connectivity index (χ2v) is 10.6. The molecule has 0 amide bonds. The van der Waals surface area contributed by atoms with Crippen LogP contribution in [0.2, 0.25) is 0 Å². The van der Waals surface area contributed by atoms with Crippen LogP contribution in [-0.4, -0.2) is 10.2 Å². The standard InChI is InChI=1S/C30H28F6O2/c31-25-19(15-1-5-17(6-2-15)21-11-13-23(37)29(35)27(21)33)9-10-20(26(25)32)16-3-7-18(8-4-16)22-12-14-24(38)30(36)28(22)34/h9-18,37-38H,1-8H2. The summed E-state index contributed by atoms with van der Waals surface area (Å²) in [5, 5.41) is 18.7. The molecule has 202 valence electrons. The zero-order chi connectivity index (χ0) is 27.1. The van der Waals surface area contributed by atoms with Gasteiger partial charge in [-0.15, -0.1) is 0 Å². The lowest BCUT2D eigenvalue weighted by Crippen LogP contribution is -2.17. The predicted molar refractivity (Wildman–Crippen MR) is 130 cm³/mol. The van der Waals surface area contributed by atoms with Gasteiger partial charge in [-0.25, -0.2) is 17.6 Å². The van der Waals surface area contributed by atoms with Crippen LogP contribution in [0.3, 0.4) is 0 Å². The Morgan fingerprint density at radius 1 is 0.368 bits per heavy atom. The van der Waals surface area contributed by atoms with Crippen molar-refractivity contribution >= 4 is 0 Å². The van der Waals surface area contributed by atoms with E-state index in [1.807, 2.05) is 0 Å². The van der Waals surface area contributed by atoms with Gasteiger partial charge in [0.25, 0.3) is 0 Å². The van der Waals surface area contributed by atoms with Crippen molar-refractivity contribution < 1.29 is 36.6 Å². The number of halogens is 6. The smallest absolute Gasteiger partial charge is 0.200 e. The third kappa shape index (κ3) is 4.74. The molecular formula is C30H28F6O2. The maximum Gasteiger partial charge on any atom is 0.200 e. The molecule has 0 bridgehead atoms. The number of hydrogen-bond donors (Lipinski definition) is 2. The van der Waals surface area contributed by atoms with E-state index in [0.29, 0.717) is 51.4 Å². The molecule has 0 aliphatic heterocycles. The molecule has 0 aromatic heterocycles. The molecule has 2 nitrogen and oxygen atoms in total. The lowest BCUT2D eigenvalue weighted by Gasteiger charge is -2.31. The molecule has 0 radical (unpaired) electrons. The molecule has 3 aromatic carbocycles. The first-order valence-electron chi connectivity index (χ1n) is 13.0. The molecule has 0 atom stereocenters. The number of phenols is 2. The van der Waals surface area contributed by atoms with Gasteiger partial charge in [-0.05, 0) is 109 Å². The fourth-order valence-electron chi connectivity index (χ4n) is 6.38. The zero-order valence-electron chi connectivity index (χ0n) is 20.6. The fraction of sp³-hybridized carbons (Fsp3) is 0.400. The maximum atomic E-state index is 15.2. The van der Waals surface area contributed by atoms with Crippen molar-refractivity contribution in [3.8, 4) is 11.5 Å². The maximum absolute atomic E-state index is 15.2. The molecule has 2 fully saturated rings. The van der Waals surface area contributed by atoms with Crippen LogP contribution in [0.1, 0.15) is 97.3 Å². The van der Waals surface area contributed by atoms with E-state index < -0.39 is 46.4 Å². The first-order chi connectivity index (χ1) is 18.2. The van der Waals surface area contributed by atoms with E-state index in [2.05, 4.69) is 0 Å². The Kier molecular flexibility index (Phi) is 7.34. The van der Waals surface area contributed by atoms with E-state index in [1.54, 1.807) is 12.1 Å². The van der Waals surface area contributed by atoms with Crippen LogP contribution in [0.25, 0.3) is 0 Å². The van der Waals surface area contributed by atoms with Crippen LogP contribution in [0.15, 0.2) is 36.4 Å². The SMILES string of the molecule is Oc1ccc(C2CCC(c3ccc(C4CCC(c5ccc(O)c(F)c5F)CC4)c(F)c3F)CC2)c(F)c1F. The summed E-state index contributed by atoms with van der Waals surface area (Å²) in [4.78, 5) is 0. The van der Waals surface area contributed by atoms with Crippen LogP contribution in [0.5, 0.6) is 11.5 Å². The van der Waals surface area contributed by atoms with Crippen molar-refractivity contribution in [2.45, 2.75) is 75.0 Å². The molecule has 0 spiro atoms. The summed E-state index contributed by atoms with van der Waals surface area (Å²) in [6.45, 7) is 0. The highest BCUT2D eigenvalue weighted by atomic mass is 19.2. The largest absolute Gasteiger partial charge is 0.505 e. The van der Waals surface area contributed by atoms with Gasteiger partial charge in [0.2, 0.25) is 11.6 Å². The van der Waals surface area contributed by atoms with Gasteiger partial charge in [0.1, 0.15) is 0 Å². The summed E-state index contributed by atoms with van der Waals surface area (Å²) in [5.74, 6) is -8.98. The molecule has 2 aliphatic rings. The normalized spacial score (nSPS) is 23.9. The minimum absolute atomic E-state index is 0.186. The topological polar surface area (TPSA) is 40.5 Å². The molecule has 2 saturated carbocycles.